The van der Waals surface area contributed by atoms with Crippen molar-refractivity contribution in [3.05, 3.63) is 0 Å². The Morgan fingerprint density at radius 3 is 2.59 bits per heavy atom. The Balaban J connectivity index is 1.90. The van der Waals surface area contributed by atoms with Crippen LogP contribution >= 0.6 is 0 Å². The molecule has 3 nitrogen and oxygen atoms in total. The summed E-state index contributed by atoms with van der Waals surface area (Å²) < 4.78 is 0. The fraction of sp³-hybridized carbons (Fsp3) is 0.929. The van der Waals surface area contributed by atoms with Gasteiger partial charge in [0.2, 0.25) is 5.91 Å². The van der Waals surface area contributed by atoms with Crippen LogP contribution in [0.1, 0.15) is 46.5 Å². The number of carbonyl (C=O) groups excluding carboxylic acids is 1. The van der Waals surface area contributed by atoms with Gasteiger partial charge in [-0.2, -0.15) is 0 Å². The number of amides is 1. The number of carbonyl (C=O) groups is 1. The van der Waals surface area contributed by atoms with Crippen molar-refractivity contribution in [2.45, 2.75) is 58.5 Å². The van der Waals surface area contributed by atoms with Crippen LogP contribution in [0.15, 0.2) is 0 Å². The van der Waals surface area contributed by atoms with Crippen LogP contribution in [-0.2, 0) is 4.79 Å². The first kappa shape index (κ1) is 12.9. The summed E-state index contributed by atoms with van der Waals surface area (Å²) in [6.45, 7) is 7.94. The quantitative estimate of drug-likeness (QED) is 0.798. The molecule has 0 aromatic carbocycles. The smallest absolute Gasteiger partial charge is 0.239 e. The van der Waals surface area contributed by atoms with Crippen molar-refractivity contribution in [3.63, 3.8) is 0 Å². The maximum Gasteiger partial charge on any atom is 0.239 e. The van der Waals surface area contributed by atoms with Crippen molar-refractivity contribution in [1.29, 1.82) is 0 Å². The highest BCUT2D eigenvalue weighted by atomic mass is 16.2. The third-order valence-corrected chi connectivity index (χ3v) is 4.54. The number of nitrogens with zero attached hydrogens (tertiary/aromatic N) is 1. The van der Waals surface area contributed by atoms with Crippen molar-refractivity contribution >= 4 is 5.91 Å². The van der Waals surface area contributed by atoms with Crippen molar-refractivity contribution in [2.75, 3.05) is 13.6 Å². The van der Waals surface area contributed by atoms with E-state index in [1.54, 1.807) is 0 Å². The van der Waals surface area contributed by atoms with Crippen LogP contribution in [0.25, 0.3) is 0 Å². The Kier molecular flexibility index (Phi) is 3.48. The fourth-order valence-electron chi connectivity index (χ4n) is 3.43. The van der Waals surface area contributed by atoms with Crippen molar-refractivity contribution < 1.29 is 4.79 Å². The maximum absolute atomic E-state index is 11.9. The largest absolute Gasteiger partial charge is 0.344 e. The topological polar surface area (TPSA) is 32.3 Å². The number of rotatable bonds is 2. The van der Waals surface area contributed by atoms with Crippen LogP contribution in [0.3, 0.4) is 0 Å². The highest BCUT2D eigenvalue weighted by Crippen LogP contribution is 2.38. The first-order valence-corrected chi connectivity index (χ1v) is 6.90. The van der Waals surface area contributed by atoms with Gasteiger partial charge in [0.1, 0.15) is 0 Å². The van der Waals surface area contributed by atoms with E-state index in [0.29, 0.717) is 17.4 Å². The molecule has 1 amide bonds. The maximum atomic E-state index is 11.9. The van der Waals surface area contributed by atoms with Gasteiger partial charge in [0.25, 0.3) is 0 Å². The van der Waals surface area contributed by atoms with Crippen LogP contribution < -0.4 is 5.32 Å². The summed E-state index contributed by atoms with van der Waals surface area (Å²) in [5.41, 5.74) is 0.480. The Morgan fingerprint density at radius 1 is 1.35 bits per heavy atom. The molecule has 0 aromatic rings. The molecule has 3 unspecified atom stereocenters. The van der Waals surface area contributed by atoms with Gasteiger partial charge in [0.15, 0.2) is 0 Å². The van der Waals surface area contributed by atoms with E-state index in [-0.39, 0.29) is 11.9 Å². The number of likely N-dealkylation sites (tertiary alicyclic amines) is 1. The Labute approximate surface area is 105 Å². The third kappa shape index (κ3) is 2.82. The molecular weight excluding hydrogens is 212 g/mol. The second-order valence-corrected chi connectivity index (χ2v) is 6.76. The van der Waals surface area contributed by atoms with E-state index in [1.165, 1.54) is 19.3 Å². The number of likely N-dealkylation sites (N-methyl/N-ethyl adjacent to an activating group) is 1. The minimum Gasteiger partial charge on any atom is -0.344 e. The summed E-state index contributed by atoms with van der Waals surface area (Å²) in [6.07, 6.45) is 4.72. The third-order valence-electron chi connectivity index (χ3n) is 4.54. The highest BCUT2D eigenvalue weighted by Gasteiger charge is 2.36. The summed E-state index contributed by atoms with van der Waals surface area (Å²) >= 11 is 0. The molecule has 0 bridgehead atoms. The molecule has 3 atom stereocenters. The average Bonchev–Trinajstić information content (AvgIpc) is 2.53. The fourth-order valence-corrected chi connectivity index (χ4v) is 3.43. The van der Waals surface area contributed by atoms with E-state index in [2.05, 4.69) is 26.1 Å². The van der Waals surface area contributed by atoms with E-state index in [9.17, 15) is 4.79 Å². The van der Waals surface area contributed by atoms with E-state index in [4.69, 9.17) is 0 Å². The normalized spacial score (nSPS) is 37.5. The summed E-state index contributed by atoms with van der Waals surface area (Å²) in [4.78, 5) is 13.7. The van der Waals surface area contributed by atoms with Crippen molar-refractivity contribution in [1.82, 2.24) is 10.2 Å². The number of hydrogen-bond acceptors (Lipinski definition) is 2. The van der Waals surface area contributed by atoms with Crippen LogP contribution in [0.5, 0.6) is 0 Å². The van der Waals surface area contributed by atoms with Gasteiger partial charge in [-0.15, -0.1) is 0 Å². The van der Waals surface area contributed by atoms with Gasteiger partial charge >= 0.3 is 0 Å². The van der Waals surface area contributed by atoms with Crippen LogP contribution in [0, 0.1) is 11.3 Å². The van der Waals surface area contributed by atoms with Gasteiger partial charge in [-0.05, 0) is 37.0 Å². The lowest BCUT2D eigenvalue weighted by Gasteiger charge is -2.40. The molecule has 3 heteroatoms. The number of hydrogen-bond donors (Lipinski definition) is 1. The van der Waals surface area contributed by atoms with E-state index in [1.807, 2.05) is 11.9 Å². The lowest BCUT2D eigenvalue weighted by Crippen LogP contribution is -2.48. The van der Waals surface area contributed by atoms with Crippen molar-refractivity contribution in [3.8, 4) is 0 Å². The van der Waals surface area contributed by atoms with E-state index >= 15 is 0 Å². The van der Waals surface area contributed by atoms with Crippen LogP contribution in [0.2, 0.25) is 0 Å². The molecule has 0 radical (unpaired) electrons. The first-order valence-electron chi connectivity index (χ1n) is 6.90. The zero-order chi connectivity index (χ0) is 12.6. The molecule has 1 N–H and O–H groups in total. The lowest BCUT2D eigenvalue weighted by molar-refractivity contribution is -0.128. The summed E-state index contributed by atoms with van der Waals surface area (Å²) in [6, 6.07) is 0.608. The van der Waals surface area contributed by atoms with Crippen molar-refractivity contribution in [2.24, 2.45) is 11.3 Å². The molecule has 1 aliphatic heterocycles. The van der Waals surface area contributed by atoms with Gasteiger partial charge < -0.3 is 10.2 Å². The standard InChI is InChI=1S/C14H26N2O/c1-10-9-14(2,3)7-5-11(10)15-12-6-8-16(4)13(12)17/h10-12,15H,5-9H2,1-4H3. The molecule has 0 spiro atoms. The molecule has 1 saturated carbocycles. The summed E-state index contributed by atoms with van der Waals surface area (Å²) in [7, 11) is 1.90. The van der Waals surface area contributed by atoms with Crippen LogP contribution in [0.4, 0.5) is 0 Å². The molecule has 0 aromatic heterocycles. The Hall–Kier alpha value is -0.570. The molecule has 1 heterocycles. The van der Waals surface area contributed by atoms with Crippen LogP contribution in [-0.4, -0.2) is 36.5 Å². The van der Waals surface area contributed by atoms with E-state index < -0.39 is 0 Å². The molecule has 2 fully saturated rings. The zero-order valence-corrected chi connectivity index (χ0v) is 11.6. The predicted octanol–water partition coefficient (Wildman–Crippen LogP) is 2.02. The second kappa shape index (κ2) is 4.60. The molecule has 17 heavy (non-hydrogen) atoms. The molecule has 98 valence electrons. The van der Waals surface area contributed by atoms with Gasteiger partial charge in [-0.3, -0.25) is 4.79 Å². The number of nitrogens with one attached hydrogen (secondary N) is 1. The highest BCUT2D eigenvalue weighted by molar-refractivity contribution is 5.83. The Morgan fingerprint density at radius 2 is 2.06 bits per heavy atom. The SMILES string of the molecule is CC1CC(C)(C)CCC1NC1CCN(C)C1=O. The minimum atomic E-state index is 0.0775. The van der Waals surface area contributed by atoms with Gasteiger partial charge in [-0.1, -0.05) is 20.8 Å². The zero-order valence-electron chi connectivity index (χ0n) is 11.6. The van der Waals surface area contributed by atoms with Gasteiger partial charge in [-0.25, -0.2) is 0 Å². The molecule has 2 rings (SSSR count). The Bertz CT molecular complexity index is 301. The summed E-state index contributed by atoms with van der Waals surface area (Å²) in [5, 5.41) is 3.59. The summed E-state index contributed by atoms with van der Waals surface area (Å²) in [5.74, 6) is 0.958. The van der Waals surface area contributed by atoms with E-state index in [0.717, 1.165) is 13.0 Å². The van der Waals surface area contributed by atoms with Gasteiger partial charge in [0, 0.05) is 19.6 Å². The predicted molar refractivity (Wildman–Crippen MR) is 69.8 cm³/mol. The average molecular weight is 238 g/mol. The monoisotopic (exact) mass is 238 g/mol. The molecular formula is C14H26N2O. The minimum absolute atomic E-state index is 0.0775. The molecule has 2 aliphatic rings. The first-order chi connectivity index (χ1) is 7.89. The van der Waals surface area contributed by atoms with Gasteiger partial charge in [0.05, 0.1) is 6.04 Å². The molecule has 1 saturated heterocycles. The molecule has 1 aliphatic carbocycles. The lowest BCUT2D eigenvalue weighted by atomic mass is 9.70. The second-order valence-electron chi connectivity index (χ2n) is 6.76.